The number of aromatic nitrogens is 5. The number of nitrogens with zero attached hydrogens (tertiary/aromatic N) is 5. The number of likely N-dealkylation sites (tertiary alicyclic amines) is 1. The average molecular weight is 515 g/mol. The van der Waals surface area contributed by atoms with E-state index in [2.05, 4.69) is 38.8 Å². The molecule has 1 saturated heterocycles. The Morgan fingerprint density at radius 2 is 2.00 bits per heavy atom. The maximum Gasteiger partial charge on any atom is 0.197 e. The Kier molecular flexibility index (Phi) is 6.46. The highest BCUT2D eigenvalue weighted by molar-refractivity contribution is 7.90. The number of ether oxygens (including phenoxy) is 1. The van der Waals surface area contributed by atoms with Gasteiger partial charge in [-0.15, -0.1) is 0 Å². The van der Waals surface area contributed by atoms with Crippen molar-refractivity contribution >= 4 is 26.4 Å². The second kappa shape index (κ2) is 9.44. The first-order chi connectivity index (χ1) is 17.2. The fourth-order valence-corrected chi connectivity index (χ4v) is 5.77. The van der Waals surface area contributed by atoms with Gasteiger partial charge in [-0.1, -0.05) is 13.8 Å². The van der Waals surface area contributed by atoms with Crippen LogP contribution in [0.1, 0.15) is 49.8 Å². The first kappa shape index (κ1) is 24.6. The lowest BCUT2D eigenvalue weighted by Crippen LogP contribution is -2.36. The number of hydrogen-bond donors (Lipinski definition) is 1. The number of pyridine rings is 2. The summed E-state index contributed by atoms with van der Waals surface area (Å²) in [6.45, 7) is 6.08. The molecule has 0 amide bonds. The second-order valence-corrected chi connectivity index (χ2v) is 12.1. The largest absolute Gasteiger partial charge is 0.493 e. The molecule has 1 fully saturated rings. The van der Waals surface area contributed by atoms with E-state index in [-0.39, 0.29) is 23.4 Å². The third kappa shape index (κ3) is 4.57. The van der Waals surface area contributed by atoms with E-state index >= 15 is 4.39 Å². The number of piperidine rings is 1. The molecule has 4 aromatic rings. The zero-order chi connectivity index (χ0) is 25.6. The van der Waals surface area contributed by atoms with Crippen LogP contribution in [0, 0.1) is 5.82 Å². The molecule has 0 aliphatic carbocycles. The third-order valence-corrected chi connectivity index (χ3v) is 7.95. The number of methoxy groups -OCH3 is 1. The summed E-state index contributed by atoms with van der Waals surface area (Å²) in [6.07, 6.45) is 7.80. The predicted octanol–water partition coefficient (Wildman–Crippen LogP) is 3.77. The van der Waals surface area contributed by atoms with Crippen molar-refractivity contribution in [2.45, 2.75) is 38.5 Å². The van der Waals surface area contributed by atoms with Gasteiger partial charge >= 0.3 is 0 Å². The van der Waals surface area contributed by atoms with Crippen molar-refractivity contribution in [1.82, 2.24) is 29.5 Å². The maximum absolute atomic E-state index is 16.1. The lowest BCUT2D eigenvalue weighted by molar-refractivity contribution is 0.220. The zero-order valence-corrected chi connectivity index (χ0v) is 21.8. The molecule has 0 atom stereocenters. The zero-order valence-electron chi connectivity index (χ0n) is 21.0. The number of nitrogens with one attached hydrogen (secondary N) is 1. The summed E-state index contributed by atoms with van der Waals surface area (Å²) in [5.74, 6) is 0.496. The molecule has 36 heavy (non-hydrogen) atoms. The molecule has 4 aromatic heterocycles. The Morgan fingerprint density at radius 1 is 1.25 bits per heavy atom. The van der Waals surface area contributed by atoms with Crippen LogP contribution in [0.15, 0.2) is 24.8 Å². The number of H-pyrrole nitrogens is 1. The minimum Gasteiger partial charge on any atom is -0.493 e. The van der Waals surface area contributed by atoms with Crippen molar-refractivity contribution in [1.29, 1.82) is 0 Å². The minimum absolute atomic E-state index is 0.00570. The Morgan fingerprint density at radius 3 is 2.67 bits per heavy atom. The van der Waals surface area contributed by atoms with Crippen molar-refractivity contribution in [3.05, 3.63) is 41.9 Å². The van der Waals surface area contributed by atoms with Crippen LogP contribution < -0.4 is 4.74 Å². The van der Waals surface area contributed by atoms with Gasteiger partial charge in [0.1, 0.15) is 16.2 Å². The summed E-state index contributed by atoms with van der Waals surface area (Å²) < 4.78 is 46.3. The molecule has 0 saturated carbocycles. The normalized spacial score (nSPS) is 15.9. The molecular formula is C25H31FN6O3S. The van der Waals surface area contributed by atoms with Gasteiger partial charge in [-0.05, 0) is 43.5 Å². The lowest BCUT2D eigenvalue weighted by Gasteiger charge is -2.31. The standard InChI is InChI=1S/C25H31FN6O3S/c1-15(2)20-21-18(30-23(20)17-11-19(35-3)25-28-14-29-32(25)13-17)12-27-24(22(21)26)16-5-7-31(8-6-16)9-10-36(4,33)34/h11-16,30H,5-10H2,1-4H3. The Balaban J connectivity index is 1.51. The molecule has 192 valence electrons. The van der Waals surface area contributed by atoms with Gasteiger partial charge in [-0.3, -0.25) is 4.98 Å². The number of halogens is 1. The van der Waals surface area contributed by atoms with Crippen LogP contribution in [-0.4, -0.2) is 76.6 Å². The van der Waals surface area contributed by atoms with Gasteiger partial charge in [0.2, 0.25) is 0 Å². The van der Waals surface area contributed by atoms with Crippen molar-refractivity contribution in [2.75, 3.05) is 38.8 Å². The molecule has 0 bridgehead atoms. The number of rotatable bonds is 7. The van der Waals surface area contributed by atoms with Crippen molar-refractivity contribution in [2.24, 2.45) is 0 Å². The number of aromatic amines is 1. The second-order valence-electron chi connectivity index (χ2n) is 9.89. The molecule has 9 nitrogen and oxygen atoms in total. The molecule has 5 heterocycles. The summed E-state index contributed by atoms with van der Waals surface area (Å²) in [6, 6.07) is 1.89. The molecule has 0 aromatic carbocycles. The number of fused-ring (bicyclic) bond motifs is 2. The summed E-state index contributed by atoms with van der Waals surface area (Å²) >= 11 is 0. The topological polar surface area (TPSA) is 105 Å². The van der Waals surface area contributed by atoms with Crippen LogP contribution in [0.2, 0.25) is 0 Å². The molecular weight excluding hydrogens is 483 g/mol. The molecule has 1 N–H and O–H groups in total. The van der Waals surface area contributed by atoms with Crippen LogP contribution in [0.4, 0.5) is 4.39 Å². The van der Waals surface area contributed by atoms with Gasteiger partial charge < -0.3 is 14.6 Å². The van der Waals surface area contributed by atoms with Crippen LogP contribution in [0.25, 0.3) is 27.8 Å². The van der Waals surface area contributed by atoms with E-state index in [1.807, 2.05) is 12.3 Å². The Hall–Kier alpha value is -3.05. The molecule has 1 aliphatic heterocycles. The van der Waals surface area contributed by atoms with Gasteiger partial charge in [-0.2, -0.15) is 5.10 Å². The first-order valence-electron chi connectivity index (χ1n) is 12.1. The van der Waals surface area contributed by atoms with E-state index in [9.17, 15) is 8.42 Å². The molecule has 0 spiro atoms. The van der Waals surface area contributed by atoms with Gasteiger partial charge in [0, 0.05) is 35.9 Å². The molecule has 1 aliphatic rings. The fraction of sp³-hybridized carbons (Fsp3) is 0.480. The minimum atomic E-state index is -3.00. The molecule has 0 unspecified atom stereocenters. The third-order valence-electron chi connectivity index (χ3n) is 7.02. The van der Waals surface area contributed by atoms with Gasteiger partial charge in [0.15, 0.2) is 17.2 Å². The maximum atomic E-state index is 16.1. The van der Waals surface area contributed by atoms with Crippen LogP contribution >= 0.6 is 0 Å². The molecule has 11 heteroatoms. The van der Waals surface area contributed by atoms with E-state index < -0.39 is 9.84 Å². The first-order valence-corrected chi connectivity index (χ1v) is 14.2. The van der Waals surface area contributed by atoms with Crippen LogP contribution in [0.3, 0.4) is 0 Å². The number of hydrogen-bond acceptors (Lipinski definition) is 7. The summed E-state index contributed by atoms with van der Waals surface area (Å²) in [4.78, 5) is 14.3. The van der Waals surface area contributed by atoms with Crippen molar-refractivity contribution < 1.29 is 17.5 Å². The van der Waals surface area contributed by atoms with E-state index in [0.717, 1.165) is 42.8 Å². The molecule has 5 rings (SSSR count). The Labute approximate surface area is 209 Å². The summed E-state index contributed by atoms with van der Waals surface area (Å²) in [5.41, 5.74) is 4.27. The highest BCUT2D eigenvalue weighted by atomic mass is 32.2. The highest BCUT2D eigenvalue weighted by Gasteiger charge is 2.28. The smallest absolute Gasteiger partial charge is 0.197 e. The highest BCUT2D eigenvalue weighted by Crippen LogP contribution is 2.40. The van der Waals surface area contributed by atoms with Gasteiger partial charge in [0.25, 0.3) is 0 Å². The molecule has 0 radical (unpaired) electrons. The quantitative estimate of drug-likeness (QED) is 0.400. The van der Waals surface area contributed by atoms with E-state index in [4.69, 9.17) is 4.74 Å². The van der Waals surface area contributed by atoms with Gasteiger partial charge in [-0.25, -0.2) is 22.3 Å². The fourth-order valence-electron chi connectivity index (χ4n) is 5.18. The lowest BCUT2D eigenvalue weighted by atomic mass is 9.90. The van der Waals surface area contributed by atoms with E-state index in [1.54, 1.807) is 17.8 Å². The van der Waals surface area contributed by atoms with E-state index in [1.165, 1.54) is 12.6 Å². The van der Waals surface area contributed by atoms with Gasteiger partial charge in [0.05, 0.1) is 36.0 Å². The van der Waals surface area contributed by atoms with Crippen LogP contribution in [0.5, 0.6) is 5.75 Å². The van der Waals surface area contributed by atoms with E-state index in [0.29, 0.717) is 34.5 Å². The summed E-state index contributed by atoms with van der Waals surface area (Å²) in [7, 11) is -1.41. The van der Waals surface area contributed by atoms with Crippen molar-refractivity contribution in [3.8, 4) is 17.0 Å². The SMILES string of the molecule is COc1cc(-c2[nH]c3cnc(C4CCN(CCS(C)(=O)=O)CC4)c(F)c3c2C(C)C)cn2ncnc12. The predicted molar refractivity (Wildman–Crippen MR) is 137 cm³/mol. The number of sulfone groups is 1. The Bertz CT molecular complexity index is 1520. The average Bonchev–Trinajstić information content (AvgIpc) is 3.47. The van der Waals surface area contributed by atoms with Crippen molar-refractivity contribution in [3.63, 3.8) is 0 Å². The monoisotopic (exact) mass is 514 g/mol. The van der Waals surface area contributed by atoms with Crippen LogP contribution in [-0.2, 0) is 9.84 Å². The summed E-state index contributed by atoms with van der Waals surface area (Å²) in [5, 5.41) is 4.83.